The lowest BCUT2D eigenvalue weighted by molar-refractivity contribution is 0.180. The van der Waals surface area contributed by atoms with E-state index in [2.05, 4.69) is 4.90 Å². The van der Waals surface area contributed by atoms with Crippen molar-refractivity contribution < 1.29 is 9.13 Å². The molecule has 0 N–H and O–H groups in total. The highest BCUT2D eigenvalue weighted by molar-refractivity contribution is 5.28. The minimum absolute atomic E-state index is 0.261. The molecular formula is C14H20FNO. The van der Waals surface area contributed by atoms with E-state index in [9.17, 15) is 4.39 Å². The molecule has 1 aliphatic rings. The van der Waals surface area contributed by atoms with Crippen molar-refractivity contribution in [3.8, 4) is 5.75 Å². The number of likely N-dealkylation sites (tertiary alicyclic amines) is 1. The molecule has 1 heterocycles. The molecule has 1 fully saturated rings. The van der Waals surface area contributed by atoms with E-state index in [-0.39, 0.29) is 5.82 Å². The van der Waals surface area contributed by atoms with Crippen LogP contribution in [0, 0.1) is 12.7 Å². The topological polar surface area (TPSA) is 12.5 Å². The smallest absolute Gasteiger partial charge is 0.165 e. The van der Waals surface area contributed by atoms with Crippen molar-refractivity contribution in [2.24, 2.45) is 0 Å². The molecule has 1 aliphatic heterocycles. The third kappa shape index (κ3) is 3.70. The van der Waals surface area contributed by atoms with Crippen LogP contribution in [0.1, 0.15) is 24.8 Å². The van der Waals surface area contributed by atoms with E-state index in [1.165, 1.54) is 25.3 Å². The first-order valence-electron chi connectivity index (χ1n) is 6.37. The van der Waals surface area contributed by atoms with Crippen LogP contribution in [-0.2, 0) is 0 Å². The van der Waals surface area contributed by atoms with E-state index in [1.54, 1.807) is 6.07 Å². The Morgan fingerprint density at radius 1 is 1.24 bits per heavy atom. The van der Waals surface area contributed by atoms with Crippen molar-refractivity contribution in [2.75, 3.05) is 26.2 Å². The van der Waals surface area contributed by atoms with Crippen LogP contribution in [0.3, 0.4) is 0 Å². The molecule has 0 unspecified atom stereocenters. The summed E-state index contributed by atoms with van der Waals surface area (Å²) in [6.45, 7) is 5.65. The fourth-order valence-electron chi connectivity index (χ4n) is 2.19. The number of benzene rings is 1. The van der Waals surface area contributed by atoms with E-state index in [1.807, 2.05) is 13.0 Å². The van der Waals surface area contributed by atoms with E-state index >= 15 is 0 Å². The van der Waals surface area contributed by atoms with Gasteiger partial charge in [0.2, 0.25) is 0 Å². The normalized spacial score (nSPS) is 17.1. The van der Waals surface area contributed by atoms with Gasteiger partial charge in [0.05, 0.1) is 0 Å². The van der Waals surface area contributed by atoms with Gasteiger partial charge in [-0.25, -0.2) is 4.39 Å². The summed E-state index contributed by atoms with van der Waals surface area (Å²) < 4.78 is 19.0. The Hall–Kier alpha value is -1.09. The molecule has 1 aromatic carbocycles. The predicted octanol–water partition coefficient (Wildman–Crippen LogP) is 3.00. The summed E-state index contributed by atoms with van der Waals surface area (Å²) in [5.74, 6) is 0.108. The zero-order valence-electron chi connectivity index (χ0n) is 10.4. The van der Waals surface area contributed by atoms with Crippen LogP contribution in [0.5, 0.6) is 5.75 Å². The lowest BCUT2D eigenvalue weighted by atomic mass is 10.1. The monoisotopic (exact) mass is 237 g/mol. The Labute approximate surface area is 102 Å². The summed E-state index contributed by atoms with van der Waals surface area (Å²) in [4.78, 5) is 2.38. The molecule has 0 atom stereocenters. The maximum atomic E-state index is 13.5. The minimum atomic E-state index is -0.261. The van der Waals surface area contributed by atoms with Crippen molar-refractivity contribution in [1.29, 1.82) is 0 Å². The van der Waals surface area contributed by atoms with E-state index in [0.29, 0.717) is 12.4 Å². The molecule has 0 bridgehead atoms. The van der Waals surface area contributed by atoms with Crippen molar-refractivity contribution in [3.63, 3.8) is 0 Å². The summed E-state index contributed by atoms with van der Waals surface area (Å²) in [7, 11) is 0. The van der Waals surface area contributed by atoms with Gasteiger partial charge in [0.1, 0.15) is 6.61 Å². The molecule has 17 heavy (non-hydrogen) atoms. The summed E-state index contributed by atoms with van der Waals surface area (Å²) in [6.07, 6.45) is 3.89. The first-order chi connectivity index (χ1) is 8.25. The molecule has 94 valence electrons. The van der Waals surface area contributed by atoms with E-state index < -0.39 is 0 Å². The standard InChI is InChI=1S/C14H20FNO/c1-12-5-6-14(13(15)11-12)17-10-9-16-7-3-2-4-8-16/h5-6,11H,2-4,7-10H2,1H3. The second-order valence-corrected chi connectivity index (χ2v) is 4.68. The molecule has 2 nitrogen and oxygen atoms in total. The largest absolute Gasteiger partial charge is 0.489 e. The van der Waals surface area contributed by atoms with E-state index in [0.717, 1.165) is 25.2 Å². The lowest BCUT2D eigenvalue weighted by Crippen LogP contribution is -2.33. The average molecular weight is 237 g/mol. The minimum Gasteiger partial charge on any atom is -0.489 e. The van der Waals surface area contributed by atoms with Gasteiger partial charge in [-0.2, -0.15) is 0 Å². The van der Waals surface area contributed by atoms with Crippen LogP contribution in [0.25, 0.3) is 0 Å². The summed E-state index contributed by atoms with van der Waals surface area (Å²) >= 11 is 0. The van der Waals surface area contributed by atoms with Gasteiger partial charge in [-0.1, -0.05) is 12.5 Å². The van der Waals surface area contributed by atoms with Crippen molar-refractivity contribution in [1.82, 2.24) is 4.90 Å². The average Bonchev–Trinajstić information content (AvgIpc) is 2.33. The third-order valence-electron chi connectivity index (χ3n) is 3.20. The summed E-state index contributed by atoms with van der Waals surface area (Å²) in [5, 5.41) is 0. The van der Waals surface area contributed by atoms with Crippen molar-refractivity contribution >= 4 is 0 Å². The van der Waals surface area contributed by atoms with Gasteiger partial charge in [-0.3, -0.25) is 4.90 Å². The fraction of sp³-hybridized carbons (Fsp3) is 0.571. The molecule has 0 aromatic heterocycles. The van der Waals surface area contributed by atoms with Crippen LogP contribution in [0.2, 0.25) is 0 Å². The first kappa shape index (κ1) is 12.4. The van der Waals surface area contributed by atoms with Gasteiger partial charge in [0.15, 0.2) is 11.6 Å². The molecule has 0 amide bonds. The molecule has 2 rings (SSSR count). The Kier molecular flexibility index (Phi) is 4.37. The van der Waals surface area contributed by atoms with Crippen LogP contribution < -0.4 is 4.74 Å². The van der Waals surface area contributed by atoms with Gasteiger partial charge in [0, 0.05) is 6.54 Å². The van der Waals surface area contributed by atoms with Gasteiger partial charge >= 0.3 is 0 Å². The first-order valence-corrected chi connectivity index (χ1v) is 6.37. The molecule has 1 aromatic rings. The molecular weight excluding hydrogens is 217 g/mol. The predicted molar refractivity (Wildman–Crippen MR) is 66.9 cm³/mol. The number of rotatable bonds is 4. The van der Waals surface area contributed by atoms with Gasteiger partial charge in [-0.15, -0.1) is 0 Å². The molecule has 0 radical (unpaired) electrons. The van der Waals surface area contributed by atoms with Crippen LogP contribution in [0.15, 0.2) is 18.2 Å². The fourth-order valence-corrected chi connectivity index (χ4v) is 2.19. The summed E-state index contributed by atoms with van der Waals surface area (Å²) in [5.41, 5.74) is 0.922. The van der Waals surface area contributed by atoms with Gasteiger partial charge in [-0.05, 0) is 50.6 Å². The zero-order valence-corrected chi connectivity index (χ0v) is 10.4. The number of hydrogen-bond acceptors (Lipinski definition) is 2. The molecule has 0 aliphatic carbocycles. The molecule has 3 heteroatoms. The third-order valence-corrected chi connectivity index (χ3v) is 3.20. The van der Waals surface area contributed by atoms with Crippen molar-refractivity contribution in [3.05, 3.63) is 29.6 Å². The van der Waals surface area contributed by atoms with Gasteiger partial charge < -0.3 is 4.74 Å². The number of aryl methyl sites for hydroxylation is 1. The van der Waals surface area contributed by atoms with Crippen LogP contribution in [0.4, 0.5) is 4.39 Å². The summed E-state index contributed by atoms with van der Waals surface area (Å²) in [6, 6.07) is 5.09. The number of piperidine rings is 1. The Morgan fingerprint density at radius 2 is 2.00 bits per heavy atom. The number of ether oxygens (including phenoxy) is 1. The molecule has 0 saturated carbocycles. The Balaban J connectivity index is 1.77. The van der Waals surface area contributed by atoms with Gasteiger partial charge in [0.25, 0.3) is 0 Å². The molecule has 0 spiro atoms. The maximum Gasteiger partial charge on any atom is 0.165 e. The number of halogens is 1. The number of nitrogens with zero attached hydrogens (tertiary/aromatic N) is 1. The highest BCUT2D eigenvalue weighted by Crippen LogP contribution is 2.18. The quantitative estimate of drug-likeness (QED) is 0.798. The highest BCUT2D eigenvalue weighted by Gasteiger charge is 2.10. The van der Waals surface area contributed by atoms with E-state index in [4.69, 9.17) is 4.74 Å². The number of hydrogen-bond donors (Lipinski definition) is 0. The Bertz CT molecular complexity index is 361. The molecule has 1 saturated heterocycles. The highest BCUT2D eigenvalue weighted by atomic mass is 19.1. The lowest BCUT2D eigenvalue weighted by Gasteiger charge is -2.26. The second kappa shape index (κ2) is 6.01. The van der Waals surface area contributed by atoms with Crippen LogP contribution in [-0.4, -0.2) is 31.1 Å². The second-order valence-electron chi connectivity index (χ2n) is 4.68. The van der Waals surface area contributed by atoms with Crippen LogP contribution >= 0.6 is 0 Å². The zero-order chi connectivity index (χ0) is 12.1. The Morgan fingerprint density at radius 3 is 2.71 bits per heavy atom. The maximum absolute atomic E-state index is 13.5. The SMILES string of the molecule is Cc1ccc(OCCN2CCCCC2)c(F)c1. The van der Waals surface area contributed by atoms with Crippen molar-refractivity contribution in [2.45, 2.75) is 26.2 Å².